The molecule has 0 atom stereocenters. The minimum Gasteiger partial charge on any atom is -0.497 e. The molecule has 11 heteroatoms. The van der Waals surface area contributed by atoms with E-state index in [1.54, 1.807) is 60.7 Å². The number of aromatic nitrogens is 2. The molecule has 0 bridgehead atoms. The number of halogens is 2. The van der Waals surface area contributed by atoms with Gasteiger partial charge >= 0.3 is 5.97 Å². The van der Waals surface area contributed by atoms with Crippen LogP contribution in [-0.2, 0) is 11.4 Å². The predicted octanol–water partition coefficient (Wildman–Crippen LogP) is 6.86. The molecule has 0 radical (unpaired) electrons. The van der Waals surface area contributed by atoms with Crippen LogP contribution in [0.1, 0.15) is 11.1 Å². The van der Waals surface area contributed by atoms with Crippen LogP contribution in [0.3, 0.4) is 0 Å². The van der Waals surface area contributed by atoms with E-state index in [9.17, 15) is 9.90 Å². The number of aliphatic carboxylic acids is 1. The lowest BCUT2D eigenvalue weighted by molar-refractivity contribution is -0.131. The molecular formula is C26H20Cl2N2O6S. The highest BCUT2D eigenvalue weighted by atomic mass is 35.5. The highest BCUT2D eigenvalue weighted by Crippen LogP contribution is 2.33. The van der Waals surface area contributed by atoms with Crippen LogP contribution in [0, 0.1) is 0 Å². The molecule has 0 fully saturated rings. The smallest absolute Gasteiger partial charge is 0.342 e. The first-order valence-electron chi connectivity index (χ1n) is 10.7. The van der Waals surface area contributed by atoms with Gasteiger partial charge in [-0.2, -0.15) is 0 Å². The zero-order valence-electron chi connectivity index (χ0n) is 19.6. The monoisotopic (exact) mass is 558 g/mol. The van der Waals surface area contributed by atoms with Gasteiger partial charge in [-0.25, -0.2) is 4.79 Å². The maximum Gasteiger partial charge on any atom is 0.342 e. The number of hydrogen-bond acceptors (Lipinski definition) is 8. The highest BCUT2D eigenvalue weighted by Gasteiger charge is 2.17. The molecule has 8 nitrogen and oxygen atoms in total. The summed E-state index contributed by atoms with van der Waals surface area (Å²) in [6.45, 7) is 0.264. The van der Waals surface area contributed by atoms with Crippen molar-refractivity contribution in [1.29, 1.82) is 0 Å². The Morgan fingerprint density at radius 2 is 1.68 bits per heavy atom. The first-order chi connectivity index (χ1) is 17.8. The van der Waals surface area contributed by atoms with Gasteiger partial charge in [-0.05, 0) is 59.8 Å². The van der Waals surface area contributed by atoms with E-state index in [0.717, 1.165) is 17.3 Å². The second-order valence-corrected chi connectivity index (χ2v) is 9.32. The number of thioether (sulfide) groups is 1. The van der Waals surface area contributed by atoms with E-state index in [0.29, 0.717) is 38.4 Å². The van der Waals surface area contributed by atoms with Gasteiger partial charge in [0.15, 0.2) is 0 Å². The van der Waals surface area contributed by atoms with Crippen LogP contribution in [0.5, 0.6) is 17.2 Å². The molecule has 1 heterocycles. The van der Waals surface area contributed by atoms with E-state index in [4.69, 9.17) is 41.8 Å². The zero-order valence-corrected chi connectivity index (χ0v) is 21.9. The van der Waals surface area contributed by atoms with Crippen molar-refractivity contribution >= 4 is 47.0 Å². The molecule has 3 aromatic carbocycles. The lowest BCUT2D eigenvalue weighted by Gasteiger charge is -2.08. The van der Waals surface area contributed by atoms with Crippen molar-refractivity contribution in [2.45, 2.75) is 11.8 Å². The Bertz CT molecular complexity index is 1420. The molecule has 0 aliphatic carbocycles. The number of ether oxygens (including phenoxy) is 3. The lowest BCUT2D eigenvalue weighted by Crippen LogP contribution is -1.97. The summed E-state index contributed by atoms with van der Waals surface area (Å²) in [6, 6.07) is 17.3. The molecule has 4 aromatic rings. The molecule has 190 valence electrons. The van der Waals surface area contributed by atoms with E-state index < -0.39 is 5.97 Å². The number of rotatable bonds is 10. The van der Waals surface area contributed by atoms with Crippen molar-refractivity contribution in [3.8, 4) is 28.7 Å². The van der Waals surface area contributed by atoms with E-state index >= 15 is 0 Å². The summed E-state index contributed by atoms with van der Waals surface area (Å²) < 4.78 is 22.0. The second kappa shape index (κ2) is 12.1. The number of hydrogen-bond donors (Lipinski definition) is 1. The van der Waals surface area contributed by atoms with Crippen LogP contribution >= 0.6 is 35.0 Å². The van der Waals surface area contributed by atoms with Crippen molar-refractivity contribution in [3.05, 3.63) is 86.7 Å². The average Bonchev–Trinajstić information content (AvgIpc) is 3.37. The van der Waals surface area contributed by atoms with Crippen LogP contribution in [0.15, 0.2) is 75.2 Å². The SMILES string of the molecule is COc1cc(OC)cc(-c2nnc(S/C(=C\c3ccc(OCc4ccc(Cl)cc4Cl)cc3)C(=O)O)o2)c1. The van der Waals surface area contributed by atoms with Gasteiger partial charge in [0.25, 0.3) is 5.22 Å². The number of methoxy groups -OCH3 is 2. The van der Waals surface area contributed by atoms with Crippen molar-refractivity contribution < 1.29 is 28.5 Å². The molecule has 0 saturated heterocycles. The minimum atomic E-state index is -1.13. The average molecular weight is 559 g/mol. The molecule has 0 amide bonds. The van der Waals surface area contributed by atoms with E-state index in [1.807, 2.05) is 0 Å². The molecule has 0 saturated carbocycles. The summed E-state index contributed by atoms with van der Waals surface area (Å²) in [7, 11) is 3.07. The number of carboxylic acids is 1. The van der Waals surface area contributed by atoms with Crippen LogP contribution in [-0.4, -0.2) is 35.5 Å². The van der Waals surface area contributed by atoms with Crippen molar-refractivity contribution in [3.63, 3.8) is 0 Å². The van der Waals surface area contributed by atoms with Gasteiger partial charge in [-0.3, -0.25) is 0 Å². The largest absolute Gasteiger partial charge is 0.497 e. The number of carbonyl (C=O) groups is 1. The number of carboxylic acid groups (broad SMARTS) is 1. The van der Waals surface area contributed by atoms with Gasteiger partial charge in [0.2, 0.25) is 5.89 Å². The Kier molecular flexibility index (Phi) is 8.60. The fourth-order valence-electron chi connectivity index (χ4n) is 3.14. The first-order valence-corrected chi connectivity index (χ1v) is 12.3. The molecule has 0 aliphatic heterocycles. The van der Waals surface area contributed by atoms with Crippen molar-refractivity contribution in [2.75, 3.05) is 14.2 Å². The summed E-state index contributed by atoms with van der Waals surface area (Å²) >= 11 is 12.9. The topological polar surface area (TPSA) is 104 Å². The summed E-state index contributed by atoms with van der Waals surface area (Å²) in [5.41, 5.74) is 2.02. The predicted molar refractivity (Wildman–Crippen MR) is 142 cm³/mol. The molecule has 1 aromatic heterocycles. The van der Waals surface area contributed by atoms with E-state index in [1.165, 1.54) is 20.3 Å². The minimum absolute atomic E-state index is 0.0000345. The fraction of sp³-hybridized carbons (Fsp3) is 0.115. The molecule has 0 aliphatic rings. The van der Waals surface area contributed by atoms with Crippen LogP contribution in [0.2, 0.25) is 10.0 Å². The Labute approximate surface area is 226 Å². The van der Waals surface area contributed by atoms with Gasteiger partial charge in [0.1, 0.15) is 28.8 Å². The second-order valence-electron chi connectivity index (χ2n) is 7.48. The Balaban J connectivity index is 1.46. The maximum atomic E-state index is 11.9. The summed E-state index contributed by atoms with van der Waals surface area (Å²) in [6.07, 6.45) is 1.51. The molecular weight excluding hydrogens is 539 g/mol. The molecule has 37 heavy (non-hydrogen) atoms. The number of benzene rings is 3. The third-order valence-corrected chi connectivity index (χ3v) is 6.44. The molecule has 4 rings (SSSR count). The third kappa shape index (κ3) is 6.97. The summed E-state index contributed by atoms with van der Waals surface area (Å²) in [5.74, 6) is 0.772. The normalized spacial score (nSPS) is 11.3. The Hall–Kier alpha value is -3.66. The van der Waals surface area contributed by atoms with Crippen LogP contribution in [0.25, 0.3) is 17.5 Å². The lowest BCUT2D eigenvalue weighted by atomic mass is 10.2. The van der Waals surface area contributed by atoms with Crippen LogP contribution < -0.4 is 14.2 Å². The highest BCUT2D eigenvalue weighted by molar-refractivity contribution is 8.03. The molecule has 0 unspecified atom stereocenters. The quantitative estimate of drug-likeness (QED) is 0.165. The molecule has 0 spiro atoms. The van der Waals surface area contributed by atoms with Gasteiger partial charge in [0.05, 0.1) is 14.2 Å². The maximum absolute atomic E-state index is 11.9. The zero-order chi connectivity index (χ0) is 26.4. The van der Waals surface area contributed by atoms with Crippen molar-refractivity contribution in [2.24, 2.45) is 0 Å². The fourth-order valence-corrected chi connectivity index (χ4v) is 4.27. The van der Waals surface area contributed by atoms with Crippen molar-refractivity contribution in [1.82, 2.24) is 10.2 Å². The Morgan fingerprint density at radius 1 is 0.973 bits per heavy atom. The van der Waals surface area contributed by atoms with Gasteiger partial charge < -0.3 is 23.7 Å². The standard InChI is InChI=1S/C26H20Cl2N2O6S/c1-33-20-10-17(11-21(13-20)34-2)24-29-30-26(36-24)37-23(25(31)32)9-15-3-7-19(8-4-15)35-14-16-5-6-18(27)12-22(16)28/h3-13H,14H2,1-2H3,(H,31,32)/b23-9-. The summed E-state index contributed by atoms with van der Waals surface area (Å²) in [5, 5.41) is 18.8. The van der Waals surface area contributed by atoms with Gasteiger partial charge in [0, 0.05) is 27.2 Å². The van der Waals surface area contributed by atoms with Gasteiger partial charge in [-0.1, -0.05) is 41.4 Å². The Morgan fingerprint density at radius 3 is 2.30 bits per heavy atom. The first kappa shape index (κ1) is 26.4. The number of nitrogens with zero attached hydrogens (tertiary/aromatic N) is 2. The van der Waals surface area contributed by atoms with Crippen LogP contribution in [0.4, 0.5) is 0 Å². The van der Waals surface area contributed by atoms with E-state index in [2.05, 4.69) is 10.2 Å². The molecule has 1 N–H and O–H groups in total. The van der Waals surface area contributed by atoms with Gasteiger partial charge in [-0.15, -0.1) is 10.2 Å². The summed E-state index contributed by atoms with van der Waals surface area (Å²) in [4.78, 5) is 11.9. The van der Waals surface area contributed by atoms with E-state index in [-0.39, 0.29) is 22.6 Å². The third-order valence-electron chi connectivity index (χ3n) is 5.00.